The fourth-order valence-electron chi connectivity index (χ4n) is 3.43. The van der Waals surface area contributed by atoms with E-state index in [9.17, 15) is 13.2 Å². The first-order valence-electron chi connectivity index (χ1n) is 9.54. The van der Waals surface area contributed by atoms with Crippen molar-refractivity contribution in [2.45, 2.75) is 37.1 Å². The standard InChI is InChI=1S/C21H26N2O5S/c1-4-18(15-7-9-16(27-2)10-8-15)22-29(25,26)17-11-12-20(28-3)19(14-17)23-13-5-6-21(23)24/h7-12,14,18,22H,4-6,13H2,1-3H3. The second kappa shape index (κ2) is 8.84. The first kappa shape index (κ1) is 21.1. The maximum atomic E-state index is 13.1. The van der Waals surface area contributed by atoms with E-state index in [1.165, 1.54) is 19.2 Å². The van der Waals surface area contributed by atoms with Crippen molar-refractivity contribution >= 4 is 21.6 Å². The number of rotatable bonds is 8. The Morgan fingerprint density at radius 1 is 1.10 bits per heavy atom. The molecule has 0 aromatic heterocycles. The highest BCUT2D eigenvalue weighted by molar-refractivity contribution is 7.89. The third-order valence-corrected chi connectivity index (χ3v) is 6.52. The first-order valence-corrected chi connectivity index (χ1v) is 11.0. The molecule has 1 N–H and O–H groups in total. The van der Waals surface area contributed by atoms with Gasteiger partial charge in [-0.15, -0.1) is 0 Å². The van der Waals surface area contributed by atoms with E-state index in [2.05, 4.69) is 4.72 Å². The van der Waals surface area contributed by atoms with Crippen molar-refractivity contribution in [2.75, 3.05) is 25.7 Å². The highest BCUT2D eigenvalue weighted by atomic mass is 32.2. The molecular weight excluding hydrogens is 392 g/mol. The lowest BCUT2D eigenvalue weighted by Crippen LogP contribution is -2.29. The number of amides is 1. The largest absolute Gasteiger partial charge is 0.497 e. The summed E-state index contributed by atoms with van der Waals surface area (Å²) in [4.78, 5) is 13.8. The molecule has 0 saturated carbocycles. The number of anilines is 1. The highest BCUT2D eigenvalue weighted by Crippen LogP contribution is 2.34. The van der Waals surface area contributed by atoms with Gasteiger partial charge in [0, 0.05) is 19.0 Å². The van der Waals surface area contributed by atoms with Gasteiger partial charge in [0.25, 0.3) is 0 Å². The quantitative estimate of drug-likeness (QED) is 0.711. The van der Waals surface area contributed by atoms with Crippen molar-refractivity contribution < 1.29 is 22.7 Å². The highest BCUT2D eigenvalue weighted by Gasteiger charge is 2.27. The number of carbonyl (C=O) groups excluding carboxylic acids is 1. The summed E-state index contributed by atoms with van der Waals surface area (Å²) in [6.45, 7) is 2.47. The van der Waals surface area contributed by atoms with Crippen LogP contribution >= 0.6 is 0 Å². The fourth-order valence-corrected chi connectivity index (χ4v) is 4.76. The number of hydrogen-bond acceptors (Lipinski definition) is 5. The minimum absolute atomic E-state index is 0.0320. The summed E-state index contributed by atoms with van der Waals surface area (Å²) in [5.41, 5.74) is 1.33. The van der Waals surface area contributed by atoms with E-state index in [0.29, 0.717) is 36.6 Å². The van der Waals surface area contributed by atoms with Crippen molar-refractivity contribution in [3.05, 3.63) is 48.0 Å². The van der Waals surface area contributed by atoms with Crippen LogP contribution in [0.25, 0.3) is 0 Å². The van der Waals surface area contributed by atoms with E-state index < -0.39 is 10.0 Å². The van der Waals surface area contributed by atoms with E-state index in [1.54, 1.807) is 30.2 Å². The molecule has 0 spiro atoms. The molecule has 0 radical (unpaired) electrons. The van der Waals surface area contributed by atoms with Gasteiger partial charge < -0.3 is 14.4 Å². The number of nitrogens with zero attached hydrogens (tertiary/aromatic N) is 1. The summed E-state index contributed by atoms with van der Waals surface area (Å²) in [5.74, 6) is 1.15. The molecule has 2 aromatic rings. The third-order valence-electron chi connectivity index (χ3n) is 5.05. The Labute approximate surface area is 171 Å². The molecule has 1 aliphatic heterocycles. The molecule has 0 aliphatic carbocycles. The molecule has 2 aromatic carbocycles. The zero-order chi connectivity index (χ0) is 21.0. The Morgan fingerprint density at radius 3 is 2.38 bits per heavy atom. The van der Waals surface area contributed by atoms with Crippen LogP contribution in [0.1, 0.15) is 37.8 Å². The van der Waals surface area contributed by atoms with E-state index >= 15 is 0 Å². The van der Waals surface area contributed by atoms with Crippen LogP contribution in [-0.4, -0.2) is 35.1 Å². The second-order valence-corrected chi connectivity index (χ2v) is 8.55. The summed E-state index contributed by atoms with van der Waals surface area (Å²) in [6, 6.07) is 11.5. The van der Waals surface area contributed by atoms with Crippen LogP contribution in [0.5, 0.6) is 11.5 Å². The van der Waals surface area contributed by atoms with Gasteiger partial charge in [-0.3, -0.25) is 4.79 Å². The summed E-state index contributed by atoms with van der Waals surface area (Å²) in [6.07, 6.45) is 1.78. The Kier molecular flexibility index (Phi) is 6.44. The van der Waals surface area contributed by atoms with E-state index in [0.717, 1.165) is 12.0 Å². The summed E-state index contributed by atoms with van der Waals surface area (Å²) >= 11 is 0. The minimum Gasteiger partial charge on any atom is -0.497 e. The summed E-state index contributed by atoms with van der Waals surface area (Å²) in [5, 5.41) is 0. The van der Waals surface area contributed by atoms with Gasteiger partial charge in [-0.25, -0.2) is 13.1 Å². The average Bonchev–Trinajstić information content (AvgIpc) is 3.17. The fraction of sp³-hybridized carbons (Fsp3) is 0.381. The zero-order valence-electron chi connectivity index (χ0n) is 16.8. The van der Waals surface area contributed by atoms with E-state index in [-0.39, 0.29) is 16.8 Å². The molecule has 3 rings (SSSR count). The predicted octanol–water partition coefficient (Wildman–Crippen LogP) is 3.26. The van der Waals surface area contributed by atoms with Crippen LogP contribution in [0.2, 0.25) is 0 Å². The second-order valence-electron chi connectivity index (χ2n) is 6.84. The number of nitrogens with one attached hydrogen (secondary N) is 1. The molecule has 1 atom stereocenters. The molecule has 1 fully saturated rings. The van der Waals surface area contributed by atoms with Gasteiger partial charge in [0.1, 0.15) is 11.5 Å². The average molecular weight is 419 g/mol. The van der Waals surface area contributed by atoms with Crippen LogP contribution in [0.15, 0.2) is 47.4 Å². The van der Waals surface area contributed by atoms with Gasteiger partial charge >= 0.3 is 0 Å². The zero-order valence-corrected chi connectivity index (χ0v) is 17.7. The van der Waals surface area contributed by atoms with Crippen molar-refractivity contribution in [2.24, 2.45) is 0 Å². The number of ether oxygens (including phenoxy) is 2. The molecule has 0 bridgehead atoms. The smallest absolute Gasteiger partial charge is 0.241 e. The van der Waals surface area contributed by atoms with E-state index in [4.69, 9.17) is 9.47 Å². The molecule has 156 valence electrons. The predicted molar refractivity (Wildman–Crippen MR) is 111 cm³/mol. The number of carbonyl (C=O) groups is 1. The monoisotopic (exact) mass is 418 g/mol. The molecule has 1 amide bonds. The van der Waals surface area contributed by atoms with Crippen LogP contribution in [0.4, 0.5) is 5.69 Å². The topological polar surface area (TPSA) is 84.9 Å². The molecule has 7 nitrogen and oxygen atoms in total. The molecule has 8 heteroatoms. The Hall–Kier alpha value is -2.58. The van der Waals surface area contributed by atoms with Crippen molar-refractivity contribution in [3.8, 4) is 11.5 Å². The Balaban J connectivity index is 1.90. The van der Waals surface area contributed by atoms with Gasteiger partial charge in [0.2, 0.25) is 15.9 Å². The van der Waals surface area contributed by atoms with Crippen LogP contribution in [0.3, 0.4) is 0 Å². The molecule has 1 unspecified atom stereocenters. The molecular formula is C21H26N2O5S. The van der Waals surface area contributed by atoms with Crippen molar-refractivity contribution in [3.63, 3.8) is 0 Å². The van der Waals surface area contributed by atoms with Gasteiger partial charge in [0.15, 0.2) is 0 Å². The number of methoxy groups -OCH3 is 2. The van der Waals surface area contributed by atoms with Gasteiger partial charge in [-0.05, 0) is 48.7 Å². The van der Waals surface area contributed by atoms with Crippen LogP contribution in [-0.2, 0) is 14.8 Å². The van der Waals surface area contributed by atoms with Gasteiger partial charge in [-0.2, -0.15) is 0 Å². The Bertz CT molecular complexity index is 973. The van der Waals surface area contributed by atoms with E-state index in [1.807, 2.05) is 19.1 Å². The third kappa shape index (κ3) is 4.54. The molecule has 29 heavy (non-hydrogen) atoms. The molecule has 1 heterocycles. The number of sulfonamides is 1. The Morgan fingerprint density at radius 2 is 1.83 bits per heavy atom. The number of hydrogen-bond donors (Lipinski definition) is 1. The lowest BCUT2D eigenvalue weighted by atomic mass is 10.1. The first-order chi connectivity index (χ1) is 13.9. The number of benzene rings is 2. The van der Waals surface area contributed by atoms with Crippen molar-refractivity contribution in [1.29, 1.82) is 0 Å². The summed E-state index contributed by atoms with van der Waals surface area (Å²) < 4.78 is 39.4. The lowest BCUT2D eigenvalue weighted by molar-refractivity contribution is -0.117. The maximum absolute atomic E-state index is 13.1. The van der Waals surface area contributed by atoms with Gasteiger partial charge in [-0.1, -0.05) is 19.1 Å². The van der Waals surface area contributed by atoms with Crippen molar-refractivity contribution in [1.82, 2.24) is 4.72 Å². The maximum Gasteiger partial charge on any atom is 0.241 e. The van der Waals surface area contributed by atoms with Crippen LogP contribution in [0, 0.1) is 0 Å². The SMILES string of the molecule is CCC(NS(=O)(=O)c1ccc(OC)c(N2CCCC2=O)c1)c1ccc(OC)cc1. The lowest BCUT2D eigenvalue weighted by Gasteiger charge is -2.21. The molecule has 1 saturated heterocycles. The van der Waals surface area contributed by atoms with Gasteiger partial charge in [0.05, 0.1) is 24.8 Å². The normalized spacial score (nSPS) is 15.4. The summed E-state index contributed by atoms with van der Waals surface area (Å²) in [7, 11) is -0.717. The minimum atomic E-state index is -3.80. The molecule has 1 aliphatic rings. The van der Waals surface area contributed by atoms with Crippen LogP contribution < -0.4 is 19.1 Å².